The summed E-state index contributed by atoms with van der Waals surface area (Å²) in [6.07, 6.45) is 2.89. The van der Waals surface area contributed by atoms with E-state index in [0.29, 0.717) is 18.9 Å². The van der Waals surface area contributed by atoms with Crippen molar-refractivity contribution in [2.75, 3.05) is 6.61 Å². The van der Waals surface area contributed by atoms with Gasteiger partial charge in [-0.05, 0) is 25.2 Å². The van der Waals surface area contributed by atoms with E-state index in [4.69, 9.17) is 4.74 Å². The molecule has 0 N–H and O–H groups in total. The van der Waals surface area contributed by atoms with Crippen LogP contribution in [0.4, 0.5) is 0 Å². The summed E-state index contributed by atoms with van der Waals surface area (Å²) in [5.41, 5.74) is 0. The molecule has 0 amide bonds. The van der Waals surface area contributed by atoms with Gasteiger partial charge in [0.1, 0.15) is 0 Å². The molecule has 13 heavy (non-hydrogen) atoms. The second kappa shape index (κ2) is 6.93. The van der Waals surface area contributed by atoms with Crippen LogP contribution < -0.4 is 0 Å². The van der Waals surface area contributed by atoms with Crippen LogP contribution in [0.15, 0.2) is 0 Å². The largest absolute Gasteiger partial charge is 0.466 e. The first-order chi connectivity index (χ1) is 6.06. The van der Waals surface area contributed by atoms with Gasteiger partial charge >= 0.3 is 5.97 Å². The van der Waals surface area contributed by atoms with Crippen molar-refractivity contribution >= 4 is 5.97 Å². The van der Waals surface area contributed by atoms with Gasteiger partial charge in [0.2, 0.25) is 0 Å². The number of carbonyl (C=O) groups is 1. The highest BCUT2D eigenvalue weighted by Gasteiger charge is 2.09. The molecule has 2 nitrogen and oxygen atoms in total. The average molecular weight is 186 g/mol. The van der Waals surface area contributed by atoms with Crippen LogP contribution in [-0.2, 0) is 9.53 Å². The molecule has 0 bridgehead atoms. The standard InChI is InChI=1S/C11H22O2/c1-5-13-11(12)8-10(4)7-6-9(2)3/h9-10H,5-8H2,1-4H3. The highest BCUT2D eigenvalue weighted by atomic mass is 16.5. The molecule has 0 aliphatic carbocycles. The second-order valence-corrected chi connectivity index (χ2v) is 4.09. The number of rotatable bonds is 6. The Morgan fingerprint density at radius 2 is 1.85 bits per heavy atom. The van der Waals surface area contributed by atoms with E-state index in [1.54, 1.807) is 0 Å². The number of hydrogen-bond donors (Lipinski definition) is 0. The zero-order chi connectivity index (χ0) is 10.3. The van der Waals surface area contributed by atoms with Crippen molar-refractivity contribution < 1.29 is 9.53 Å². The predicted molar refractivity (Wildman–Crippen MR) is 54.5 cm³/mol. The zero-order valence-electron chi connectivity index (χ0n) is 9.30. The normalized spacial score (nSPS) is 13.0. The van der Waals surface area contributed by atoms with Gasteiger partial charge in [-0.15, -0.1) is 0 Å². The lowest BCUT2D eigenvalue weighted by atomic mass is 9.97. The summed E-state index contributed by atoms with van der Waals surface area (Å²) in [5, 5.41) is 0. The van der Waals surface area contributed by atoms with Crippen LogP contribution in [0.2, 0.25) is 0 Å². The maximum absolute atomic E-state index is 11.1. The number of hydrogen-bond acceptors (Lipinski definition) is 2. The fourth-order valence-corrected chi connectivity index (χ4v) is 1.22. The molecule has 0 saturated carbocycles. The molecule has 0 aromatic carbocycles. The van der Waals surface area contributed by atoms with Crippen LogP contribution in [-0.4, -0.2) is 12.6 Å². The molecule has 0 spiro atoms. The molecule has 0 fully saturated rings. The average Bonchev–Trinajstić information content (AvgIpc) is 2.01. The smallest absolute Gasteiger partial charge is 0.306 e. The van der Waals surface area contributed by atoms with E-state index >= 15 is 0 Å². The summed E-state index contributed by atoms with van der Waals surface area (Å²) in [5.74, 6) is 1.13. The Labute approximate surface area is 81.7 Å². The van der Waals surface area contributed by atoms with Crippen LogP contribution in [0.1, 0.15) is 47.0 Å². The lowest BCUT2D eigenvalue weighted by Gasteiger charge is -2.11. The van der Waals surface area contributed by atoms with E-state index < -0.39 is 0 Å². The van der Waals surface area contributed by atoms with Crippen molar-refractivity contribution in [1.82, 2.24) is 0 Å². The molecule has 0 rings (SSSR count). The maximum Gasteiger partial charge on any atom is 0.306 e. The number of ether oxygens (including phenoxy) is 1. The first kappa shape index (κ1) is 12.5. The molecule has 0 aromatic rings. The van der Waals surface area contributed by atoms with Crippen molar-refractivity contribution in [3.8, 4) is 0 Å². The Kier molecular flexibility index (Phi) is 6.65. The van der Waals surface area contributed by atoms with Crippen molar-refractivity contribution in [1.29, 1.82) is 0 Å². The van der Waals surface area contributed by atoms with Gasteiger partial charge in [0.05, 0.1) is 6.61 Å². The summed E-state index contributed by atoms with van der Waals surface area (Å²) in [6, 6.07) is 0. The number of esters is 1. The summed E-state index contributed by atoms with van der Waals surface area (Å²) in [6.45, 7) is 8.86. The fraction of sp³-hybridized carbons (Fsp3) is 0.909. The van der Waals surface area contributed by atoms with Gasteiger partial charge in [-0.25, -0.2) is 0 Å². The van der Waals surface area contributed by atoms with Gasteiger partial charge in [-0.2, -0.15) is 0 Å². The number of carbonyl (C=O) groups excluding carboxylic acids is 1. The second-order valence-electron chi connectivity index (χ2n) is 4.09. The van der Waals surface area contributed by atoms with E-state index in [0.717, 1.165) is 12.3 Å². The predicted octanol–water partition coefficient (Wildman–Crippen LogP) is 3.01. The van der Waals surface area contributed by atoms with Crippen LogP contribution in [0.3, 0.4) is 0 Å². The molecule has 0 aliphatic rings. The van der Waals surface area contributed by atoms with E-state index in [2.05, 4.69) is 20.8 Å². The minimum Gasteiger partial charge on any atom is -0.466 e. The fourth-order valence-electron chi connectivity index (χ4n) is 1.22. The van der Waals surface area contributed by atoms with Crippen LogP contribution in [0.5, 0.6) is 0 Å². The van der Waals surface area contributed by atoms with Crippen LogP contribution in [0, 0.1) is 11.8 Å². The van der Waals surface area contributed by atoms with Gasteiger partial charge in [-0.3, -0.25) is 4.79 Å². The Hall–Kier alpha value is -0.530. The van der Waals surface area contributed by atoms with Gasteiger partial charge in [-0.1, -0.05) is 27.2 Å². The van der Waals surface area contributed by atoms with Crippen molar-refractivity contribution in [2.45, 2.75) is 47.0 Å². The third-order valence-corrected chi connectivity index (χ3v) is 2.06. The molecule has 1 unspecified atom stereocenters. The highest BCUT2D eigenvalue weighted by molar-refractivity contribution is 5.69. The third-order valence-electron chi connectivity index (χ3n) is 2.06. The summed E-state index contributed by atoms with van der Waals surface area (Å²) in [4.78, 5) is 11.1. The molecular weight excluding hydrogens is 164 g/mol. The molecule has 78 valence electrons. The summed E-state index contributed by atoms with van der Waals surface area (Å²) >= 11 is 0. The van der Waals surface area contributed by atoms with Crippen molar-refractivity contribution in [2.24, 2.45) is 11.8 Å². The lowest BCUT2D eigenvalue weighted by molar-refractivity contribution is -0.144. The van der Waals surface area contributed by atoms with Crippen LogP contribution >= 0.6 is 0 Å². The SMILES string of the molecule is CCOC(=O)CC(C)CCC(C)C. The van der Waals surface area contributed by atoms with Crippen LogP contribution in [0.25, 0.3) is 0 Å². The van der Waals surface area contributed by atoms with Crippen molar-refractivity contribution in [3.63, 3.8) is 0 Å². The van der Waals surface area contributed by atoms with Crippen molar-refractivity contribution in [3.05, 3.63) is 0 Å². The Morgan fingerprint density at radius 3 is 2.31 bits per heavy atom. The molecule has 0 aliphatic heterocycles. The lowest BCUT2D eigenvalue weighted by Crippen LogP contribution is -2.09. The van der Waals surface area contributed by atoms with E-state index in [1.165, 1.54) is 6.42 Å². The molecule has 1 atom stereocenters. The Bertz CT molecular complexity index is 141. The van der Waals surface area contributed by atoms with Gasteiger partial charge in [0.25, 0.3) is 0 Å². The first-order valence-corrected chi connectivity index (χ1v) is 5.21. The van der Waals surface area contributed by atoms with Gasteiger partial charge in [0, 0.05) is 6.42 Å². The quantitative estimate of drug-likeness (QED) is 0.596. The summed E-state index contributed by atoms with van der Waals surface area (Å²) in [7, 11) is 0. The molecule has 0 heterocycles. The third kappa shape index (κ3) is 7.82. The molecule has 0 aromatic heterocycles. The van der Waals surface area contributed by atoms with E-state index in [1.807, 2.05) is 6.92 Å². The Balaban J connectivity index is 3.49. The first-order valence-electron chi connectivity index (χ1n) is 5.21. The van der Waals surface area contributed by atoms with Gasteiger partial charge < -0.3 is 4.74 Å². The zero-order valence-corrected chi connectivity index (χ0v) is 9.30. The molecule has 0 radical (unpaired) electrons. The highest BCUT2D eigenvalue weighted by Crippen LogP contribution is 2.15. The summed E-state index contributed by atoms with van der Waals surface area (Å²) < 4.78 is 4.88. The monoisotopic (exact) mass is 186 g/mol. The minimum absolute atomic E-state index is 0.0567. The van der Waals surface area contributed by atoms with E-state index in [9.17, 15) is 4.79 Å². The molecule has 2 heteroatoms. The Morgan fingerprint density at radius 1 is 1.23 bits per heavy atom. The molecular formula is C11H22O2. The molecule has 0 saturated heterocycles. The topological polar surface area (TPSA) is 26.3 Å². The maximum atomic E-state index is 11.1. The van der Waals surface area contributed by atoms with Gasteiger partial charge in [0.15, 0.2) is 0 Å². The minimum atomic E-state index is -0.0567. The van der Waals surface area contributed by atoms with E-state index in [-0.39, 0.29) is 5.97 Å².